The topological polar surface area (TPSA) is 225 Å². The highest BCUT2D eigenvalue weighted by Gasteiger charge is 2.39. The van der Waals surface area contributed by atoms with Crippen molar-refractivity contribution < 1.29 is 42.6 Å². The molecule has 17 nitrogen and oxygen atoms in total. The van der Waals surface area contributed by atoms with E-state index in [1.807, 2.05) is 27.7 Å². The van der Waals surface area contributed by atoms with E-state index in [1.54, 1.807) is 40.3 Å². The molecule has 2 aliphatic rings. The van der Waals surface area contributed by atoms with Crippen molar-refractivity contribution in [3.63, 3.8) is 0 Å². The van der Waals surface area contributed by atoms with Gasteiger partial charge < -0.3 is 49.4 Å². The van der Waals surface area contributed by atoms with Crippen molar-refractivity contribution in [1.82, 2.24) is 40.4 Å². The molecular formula is C43H49FN8O9. The van der Waals surface area contributed by atoms with Crippen molar-refractivity contribution >= 4 is 35.0 Å². The fraction of sp³-hybridized carbons (Fsp3) is 0.419. The minimum absolute atomic E-state index is 0.173. The van der Waals surface area contributed by atoms with Crippen LogP contribution in [0.4, 0.5) is 14.0 Å². The number of H-pyrrole nitrogens is 2. The lowest BCUT2D eigenvalue weighted by molar-refractivity contribution is -0.136. The molecule has 5 heterocycles. The van der Waals surface area contributed by atoms with Gasteiger partial charge in [-0.1, -0.05) is 52.0 Å². The van der Waals surface area contributed by atoms with Gasteiger partial charge in [-0.15, -0.1) is 0 Å². The minimum Gasteiger partial charge on any atom is -0.502 e. The Labute approximate surface area is 350 Å². The predicted octanol–water partition coefficient (Wildman–Crippen LogP) is 6.17. The van der Waals surface area contributed by atoms with Crippen LogP contribution in [0.15, 0.2) is 58.0 Å². The third-order valence-electron chi connectivity index (χ3n) is 11.4. The molecule has 0 spiro atoms. The number of rotatable bonds is 11. The van der Waals surface area contributed by atoms with Crippen LogP contribution >= 0.6 is 0 Å². The summed E-state index contributed by atoms with van der Waals surface area (Å²) in [5.41, 5.74) is 1.17. The zero-order valence-corrected chi connectivity index (χ0v) is 34.7. The minimum atomic E-state index is -0.838. The van der Waals surface area contributed by atoms with E-state index >= 15 is 4.39 Å². The molecule has 322 valence electrons. The molecule has 7 rings (SSSR count). The molecule has 0 unspecified atom stereocenters. The van der Waals surface area contributed by atoms with Crippen molar-refractivity contribution in [2.45, 2.75) is 77.5 Å². The second kappa shape index (κ2) is 17.5. The van der Waals surface area contributed by atoms with Crippen LogP contribution in [0.3, 0.4) is 0 Å². The molecule has 3 aromatic heterocycles. The van der Waals surface area contributed by atoms with Gasteiger partial charge in [-0.2, -0.15) is 0 Å². The second-order valence-corrected chi connectivity index (χ2v) is 16.0. The molecule has 2 saturated heterocycles. The molecule has 2 aromatic carbocycles. The van der Waals surface area contributed by atoms with Gasteiger partial charge in [0.25, 0.3) is 0 Å². The quantitative estimate of drug-likeness (QED) is 0.101. The number of benzene rings is 2. The van der Waals surface area contributed by atoms with E-state index in [0.717, 1.165) is 6.42 Å². The number of imidazole rings is 2. The monoisotopic (exact) mass is 840 g/mol. The van der Waals surface area contributed by atoms with Crippen LogP contribution in [0.25, 0.3) is 44.8 Å². The predicted molar refractivity (Wildman–Crippen MR) is 220 cm³/mol. The van der Waals surface area contributed by atoms with Gasteiger partial charge in [0, 0.05) is 24.2 Å². The van der Waals surface area contributed by atoms with Gasteiger partial charge in [0.15, 0.2) is 17.2 Å². The Morgan fingerprint density at radius 1 is 0.787 bits per heavy atom. The molecule has 5 aromatic rings. The molecular weight excluding hydrogens is 792 g/mol. The summed E-state index contributed by atoms with van der Waals surface area (Å²) in [5.74, 6) is -1.58. The van der Waals surface area contributed by atoms with Crippen molar-refractivity contribution in [1.29, 1.82) is 0 Å². The van der Waals surface area contributed by atoms with Gasteiger partial charge in [-0.25, -0.2) is 23.9 Å². The van der Waals surface area contributed by atoms with Gasteiger partial charge in [-0.3, -0.25) is 14.4 Å². The van der Waals surface area contributed by atoms with E-state index in [4.69, 9.17) is 13.9 Å². The smallest absolute Gasteiger partial charge is 0.407 e. The number of aromatic amines is 2. The Hall–Kier alpha value is -6.72. The third-order valence-corrected chi connectivity index (χ3v) is 11.4. The first-order valence-electron chi connectivity index (χ1n) is 20.2. The largest absolute Gasteiger partial charge is 0.502 e. The summed E-state index contributed by atoms with van der Waals surface area (Å²) in [5, 5.41) is 16.2. The number of ether oxygens (including phenoxy) is 2. The molecule has 0 aliphatic carbocycles. The number of fused-ring (bicyclic) bond motifs is 1. The van der Waals surface area contributed by atoms with E-state index < -0.39 is 47.3 Å². The molecule has 4 atom stereocenters. The molecule has 2 fully saturated rings. The second-order valence-electron chi connectivity index (χ2n) is 16.0. The fourth-order valence-corrected chi connectivity index (χ4v) is 8.09. The lowest BCUT2D eigenvalue weighted by atomic mass is 10.0. The third kappa shape index (κ3) is 8.38. The maximum atomic E-state index is 15.9. The van der Waals surface area contributed by atoms with E-state index in [-0.39, 0.29) is 52.0 Å². The maximum absolute atomic E-state index is 15.9. The SMILES string of the molecule is COC(=O)N[C@H](C(=O)N1CCC[C@H]1c1ncc(-c2ccc(-c3oc4c(F)cc(-c5cnc([C@@H]6CCCN6C(=O)[C@@H](NC(=O)OC)C(C)C)[nH]5)cc4c(=O)c3O)cc2)[nH]1)C(C)C. The average Bonchev–Trinajstić information content (AvgIpc) is 4.09. The molecule has 2 aliphatic heterocycles. The van der Waals surface area contributed by atoms with Crippen molar-refractivity contribution in [2.24, 2.45) is 11.8 Å². The van der Waals surface area contributed by atoms with E-state index in [2.05, 4.69) is 30.6 Å². The first-order chi connectivity index (χ1) is 29.2. The highest BCUT2D eigenvalue weighted by atomic mass is 19.1. The molecule has 0 radical (unpaired) electrons. The van der Waals surface area contributed by atoms with Crippen LogP contribution in [0, 0.1) is 17.7 Å². The summed E-state index contributed by atoms with van der Waals surface area (Å²) in [6.07, 6.45) is 4.51. The highest BCUT2D eigenvalue weighted by Crippen LogP contribution is 2.37. The summed E-state index contributed by atoms with van der Waals surface area (Å²) in [4.78, 5) is 83.6. The number of carbonyl (C=O) groups is 4. The number of methoxy groups -OCH3 is 2. The number of amides is 4. The number of hydrogen-bond donors (Lipinski definition) is 5. The number of alkyl carbamates (subject to hydrolysis) is 2. The summed E-state index contributed by atoms with van der Waals surface area (Å²) < 4.78 is 31.2. The summed E-state index contributed by atoms with van der Waals surface area (Å²) in [6.45, 7) is 8.30. The van der Waals surface area contributed by atoms with Crippen LogP contribution in [-0.4, -0.2) is 98.2 Å². The lowest BCUT2D eigenvalue weighted by Crippen LogP contribution is -2.51. The van der Waals surface area contributed by atoms with E-state index in [1.165, 1.54) is 32.5 Å². The lowest BCUT2D eigenvalue weighted by Gasteiger charge is -2.30. The van der Waals surface area contributed by atoms with Crippen LogP contribution in [-0.2, 0) is 19.1 Å². The van der Waals surface area contributed by atoms with Gasteiger partial charge in [-0.05, 0) is 55.2 Å². The van der Waals surface area contributed by atoms with Crippen LogP contribution in [0.2, 0.25) is 0 Å². The Kier molecular flexibility index (Phi) is 12.1. The first-order valence-corrected chi connectivity index (χ1v) is 20.2. The Morgan fingerprint density at radius 3 is 1.74 bits per heavy atom. The van der Waals surface area contributed by atoms with Gasteiger partial charge >= 0.3 is 12.2 Å². The van der Waals surface area contributed by atoms with Crippen molar-refractivity contribution in [3.05, 3.63) is 76.5 Å². The molecule has 5 N–H and O–H groups in total. The van der Waals surface area contributed by atoms with Crippen LogP contribution in [0.1, 0.15) is 77.1 Å². The normalized spacial score (nSPS) is 17.5. The van der Waals surface area contributed by atoms with Crippen LogP contribution in [0.5, 0.6) is 5.75 Å². The number of aromatic hydroxyl groups is 1. The van der Waals surface area contributed by atoms with E-state index in [0.29, 0.717) is 66.5 Å². The summed E-state index contributed by atoms with van der Waals surface area (Å²) in [6, 6.07) is 6.99. The number of hydrogen-bond acceptors (Lipinski definition) is 11. The van der Waals surface area contributed by atoms with Crippen molar-refractivity contribution in [3.8, 4) is 39.6 Å². The van der Waals surface area contributed by atoms with Gasteiger partial charge in [0.05, 0.1) is 55.5 Å². The average molecular weight is 841 g/mol. The van der Waals surface area contributed by atoms with E-state index in [9.17, 15) is 29.1 Å². The molecule has 0 bridgehead atoms. The molecule has 0 saturated carbocycles. The van der Waals surface area contributed by atoms with Gasteiger partial charge in [0.2, 0.25) is 23.0 Å². The molecule has 18 heteroatoms. The molecule has 61 heavy (non-hydrogen) atoms. The Balaban J connectivity index is 1.09. The Bertz CT molecular complexity index is 2510. The van der Waals surface area contributed by atoms with Crippen LogP contribution < -0.4 is 16.1 Å². The number of aromatic nitrogens is 4. The zero-order valence-electron chi connectivity index (χ0n) is 34.7. The number of carbonyl (C=O) groups excluding carboxylic acids is 4. The number of nitrogens with zero attached hydrogens (tertiary/aromatic N) is 4. The molecule has 4 amide bonds. The highest BCUT2D eigenvalue weighted by molar-refractivity contribution is 5.88. The number of likely N-dealkylation sites (tertiary alicyclic amines) is 2. The summed E-state index contributed by atoms with van der Waals surface area (Å²) >= 11 is 0. The standard InChI is InChI=1S/C43H49FN8O9/c1-21(2)32(49-42(57)59-5)40(55)51-15-7-9-30(51)38-45-19-28(47-38)23-11-13-24(14-12-23)36-35(54)34(53)26-17-25(18-27(44)37(26)61-36)29-20-46-39(48-29)31-10-8-16-52(31)41(56)33(22(3)4)50-43(58)60-6/h11-14,17-22,30-33,54H,7-10,15-16H2,1-6H3,(H,45,47)(H,46,48)(H,49,57)(H,50,58)/t30-,31-,32-,33-/m0/s1. The van der Waals surface area contributed by atoms with Gasteiger partial charge in [0.1, 0.15) is 23.7 Å². The number of nitrogens with one attached hydrogen (secondary N) is 4. The maximum Gasteiger partial charge on any atom is 0.407 e. The fourth-order valence-electron chi connectivity index (χ4n) is 8.09. The number of halogens is 1. The van der Waals surface area contributed by atoms with Crippen molar-refractivity contribution in [2.75, 3.05) is 27.3 Å². The Morgan fingerprint density at radius 2 is 1.26 bits per heavy atom. The first kappa shape index (κ1) is 42.4. The summed E-state index contributed by atoms with van der Waals surface area (Å²) in [7, 11) is 2.48. The zero-order chi connectivity index (χ0) is 43.7.